The molecule has 0 aliphatic rings. The van der Waals surface area contributed by atoms with Gasteiger partial charge in [0.1, 0.15) is 0 Å². The normalized spacial score (nSPS) is 13.1. The van der Waals surface area contributed by atoms with Crippen LogP contribution in [0.25, 0.3) is 0 Å². The third-order valence-corrected chi connectivity index (χ3v) is 2.56. The first-order valence-electron chi connectivity index (χ1n) is 5.87. The fraction of sp³-hybridized carbons (Fsp3) is 0.571. The Balaban J connectivity index is 2.36. The van der Waals surface area contributed by atoms with Crippen molar-refractivity contribution in [3.8, 4) is 0 Å². The minimum Gasteiger partial charge on any atom is -0.310 e. The van der Waals surface area contributed by atoms with Gasteiger partial charge in [0.05, 0.1) is 0 Å². The molecule has 1 aromatic rings. The molecule has 0 aliphatic heterocycles. The zero-order chi connectivity index (χ0) is 11.3. The molecule has 0 fully saturated rings. The molecule has 0 spiro atoms. The van der Waals surface area contributed by atoms with Crippen molar-refractivity contribution in [1.82, 2.24) is 5.32 Å². The largest absolute Gasteiger partial charge is 0.310 e. The lowest BCUT2D eigenvalue weighted by molar-refractivity contribution is 0.441. The molecule has 0 amide bonds. The molecule has 0 saturated carbocycles. The van der Waals surface area contributed by atoms with Gasteiger partial charge in [-0.2, -0.15) is 0 Å². The van der Waals surface area contributed by atoms with Crippen LogP contribution in [0.2, 0.25) is 0 Å². The minimum atomic E-state index is 0.602. The van der Waals surface area contributed by atoms with Crippen LogP contribution in [0, 0.1) is 12.8 Å². The zero-order valence-electron chi connectivity index (χ0n) is 10.4. The van der Waals surface area contributed by atoms with Crippen LogP contribution in [0.15, 0.2) is 24.3 Å². The third-order valence-electron chi connectivity index (χ3n) is 2.56. The highest BCUT2D eigenvalue weighted by Gasteiger charge is 2.03. The number of nitrogens with one attached hydrogen (secondary N) is 1. The summed E-state index contributed by atoms with van der Waals surface area (Å²) < 4.78 is 0. The van der Waals surface area contributed by atoms with Crippen molar-refractivity contribution >= 4 is 0 Å². The molecule has 1 rings (SSSR count). The topological polar surface area (TPSA) is 12.0 Å². The maximum absolute atomic E-state index is 3.56. The van der Waals surface area contributed by atoms with E-state index < -0.39 is 0 Å². The highest BCUT2D eigenvalue weighted by Crippen LogP contribution is 2.07. The molecule has 1 unspecified atom stereocenters. The fourth-order valence-corrected chi connectivity index (χ4v) is 1.90. The number of aryl methyl sites for hydroxylation is 1. The Labute approximate surface area is 93.9 Å². The monoisotopic (exact) mass is 205 g/mol. The molecule has 0 saturated heterocycles. The van der Waals surface area contributed by atoms with Crippen molar-refractivity contribution in [1.29, 1.82) is 0 Å². The van der Waals surface area contributed by atoms with E-state index in [9.17, 15) is 0 Å². The molecule has 0 radical (unpaired) electrons. The van der Waals surface area contributed by atoms with Crippen molar-refractivity contribution in [2.75, 3.05) is 0 Å². The smallest absolute Gasteiger partial charge is 0.0208 e. The number of hydrogen-bond donors (Lipinski definition) is 1. The first-order chi connectivity index (χ1) is 7.08. The summed E-state index contributed by atoms with van der Waals surface area (Å²) in [6.45, 7) is 9.92. The number of benzene rings is 1. The van der Waals surface area contributed by atoms with E-state index in [0.717, 1.165) is 12.5 Å². The van der Waals surface area contributed by atoms with Gasteiger partial charge in [0.25, 0.3) is 0 Å². The molecule has 1 heteroatoms. The lowest BCUT2D eigenvalue weighted by Crippen LogP contribution is -2.26. The van der Waals surface area contributed by atoms with Crippen LogP contribution >= 0.6 is 0 Å². The van der Waals surface area contributed by atoms with Crippen LogP contribution < -0.4 is 5.32 Å². The molecular weight excluding hydrogens is 182 g/mol. The van der Waals surface area contributed by atoms with Crippen molar-refractivity contribution in [3.05, 3.63) is 35.4 Å². The Bertz CT molecular complexity index is 291. The third kappa shape index (κ3) is 4.98. The summed E-state index contributed by atoms with van der Waals surface area (Å²) in [6, 6.07) is 9.29. The molecule has 84 valence electrons. The average molecular weight is 205 g/mol. The molecule has 0 bridgehead atoms. The van der Waals surface area contributed by atoms with Gasteiger partial charge in [0, 0.05) is 12.6 Å². The van der Waals surface area contributed by atoms with E-state index in [1.165, 1.54) is 17.5 Å². The Kier molecular flexibility index (Phi) is 4.83. The van der Waals surface area contributed by atoms with Crippen LogP contribution in [0.1, 0.15) is 38.3 Å². The van der Waals surface area contributed by atoms with Crippen LogP contribution in [-0.2, 0) is 6.54 Å². The van der Waals surface area contributed by atoms with E-state index in [4.69, 9.17) is 0 Å². The van der Waals surface area contributed by atoms with Crippen LogP contribution in [0.3, 0.4) is 0 Å². The average Bonchev–Trinajstić information content (AvgIpc) is 2.14. The fourth-order valence-electron chi connectivity index (χ4n) is 1.90. The van der Waals surface area contributed by atoms with E-state index in [1.807, 2.05) is 0 Å². The van der Waals surface area contributed by atoms with Gasteiger partial charge in [-0.1, -0.05) is 43.7 Å². The van der Waals surface area contributed by atoms with Crippen LogP contribution in [-0.4, -0.2) is 6.04 Å². The Hall–Kier alpha value is -0.820. The van der Waals surface area contributed by atoms with Gasteiger partial charge in [-0.25, -0.2) is 0 Å². The van der Waals surface area contributed by atoms with Gasteiger partial charge in [-0.15, -0.1) is 0 Å². The molecule has 1 atom stereocenters. The van der Waals surface area contributed by atoms with E-state index in [0.29, 0.717) is 6.04 Å². The number of rotatable bonds is 5. The van der Waals surface area contributed by atoms with Gasteiger partial charge in [-0.05, 0) is 31.7 Å². The van der Waals surface area contributed by atoms with Crippen molar-refractivity contribution in [3.63, 3.8) is 0 Å². The summed E-state index contributed by atoms with van der Waals surface area (Å²) in [6.07, 6.45) is 1.24. The molecule has 0 heterocycles. The summed E-state index contributed by atoms with van der Waals surface area (Å²) in [7, 11) is 0. The Morgan fingerprint density at radius 3 is 2.53 bits per heavy atom. The second-order valence-electron chi connectivity index (χ2n) is 4.90. The SMILES string of the molecule is Cc1cccc(CNC(C)CC(C)C)c1. The Morgan fingerprint density at radius 1 is 1.20 bits per heavy atom. The molecule has 1 N–H and O–H groups in total. The van der Waals surface area contributed by atoms with Gasteiger partial charge in [-0.3, -0.25) is 0 Å². The lowest BCUT2D eigenvalue weighted by Gasteiger charge is -2.16. The minimum absolute atomic E-state index is 0.602. The molecule has 1 aromatic carbocycles. The Morgan fingerprint density at radius 2 is 1.93 bits per heavy atom. The first-order valence-corrected chi connectivity index (χ1v) is 5.87. The lowest BCUT2D eigenvalue weighted by atomic mass is 10.0. The predicted octanol–water partition coefficient (Wildman–Crippen LogP) is 3.52. The van der Waals surface area contributed by atoms with Gasteiger partial charge in [0.15, 0.2) is 0 Å². The van der Waals surface area contributed by atoms with Gasteiger partial charge in [0.2, 0.25) is 0 Å². The van der Waals surface area contributed by atoms with E-state index in [-0.39, 0.29) is 0 Å². The summed E-state index contributed by atoms with van der Waals surface area (Å²) in [5, 5.41) is 3.56. The highest BCUT2D eigenvalue weighted by molar-refractivity contribution is 5.21. The summed E-state index contributed by atoms with van der Waals surface area (Å²) >= 11 is 0. The van der Waals surface area contributed by atoms with Crippen LogP contribution in [0.5, 0.6) is 0 Å². The predicted molar refractivity (Wildman–Crippen MR) is 66.9 cm³/mol. The summed E-state index contributed by atoms with van der Waals surface area (Å²) in [5.41, 5.74) is 2.72. The molecule has 1 nitrogen and oxygen atoms in total. The molecular formula is C14H23N. The summed E-state index contributed by atoms with van der Waals surface area (Å²) in [5.74, 6) is 0.769. The van der Waals surface area contributed by atoms with Crippen molar-refractivity contribution in [2.24, 2.45) is 5.92 Å². The maximum Gasteiger partial charge on any atom is 0.0208 e. The van der Waals surface area contributed by atoms with Crippen molar-refractivity contribution in [2.45, 2.75) is 46.7 Å². The van der Waals surface area contributed by atoms with Gasteiger partial charge >= 0.3 is 0 Å². The maximum atomic E-state index is 3.56. The van der Waals surface area contributed by atoms with E-state index >= 15 is 0 Å². The summed E-state index contributed by atoms with van der Waals surface area (Å²) in [4.78, 5) is 0. The second-order valence-corrected chi connectivity index (χ2v) is 4.90. The van der Waals surface area contributed by atoms with Gasteiger partial charge < -0.3 is 5.32 Å². The molecule has 0 aliphatic carbocycles. The number of hydrogen-bond acceptors (Lipinski definition) is 1. The highest BCUT2D eigenvalue weighted by atomic mass is 14.9. The quantitative estimate of drug-likeness (QED) is 0.775. The molecule has 15 heavy (non-hydrogen) atoms. The first kappa shape index (κ1) is 12.3. The van der Waals surface area contributed by atoms with E-state index in [2.05, 4.69) is 57.3 Å². The standard InChI is InChI=1S/C14H23N/c1-11(2)8-13(4)15-10-14-7-5-6-12(3)9-14/h5-7,9,11,13,15H,8,10H2,1-4H3. The van der Waals surface area contributed by atoms with Crippen LogP contribution in [0.4, 0.5) is 0 Å². The zero-order valence-corrected chi connectivity index (χ0v) is 10.4. The van der Waals surface area contributed by atoms with Crippen molar-refractivity contribution < 1.29 is 0 Å². The molecule has 0 aromatic heterocycles. The second kappa shape index (κ2) is 5.92. The van der Waals surface area contributed by atoms with E-state index in [1.54, 1.807) is 0 Å².